The summed E-state index contributed by atoms with van der Waals surface area (Å²) in [6.07, 6.45) is 2.92. The molecule has 0 bridgehead atoms. The molecule has 2 N–H and O–H groups in total. The van der Waals surface area contributed by atoms with Crippen molar-refractivity contribution < 1.29 is 0 Å². The smallest absolute Gasteiger partial charge is 0.131 e. The third-order valence-electron chi connectivity index (χ3n) is 9.06. The monoisotopic (exact) mass is 629 g/mol. The van der Waals surface area contributed by atoms with Gasteiger partial charge < -0.3 is 10.3 Å². The SMILES string of the molecule is NC(=N/C(=C\Cc1ccccc1)c1cc(-c2ccccc2)cc(-c2ccc(-n3c4ccccc4c4ccccc43)cc2)c1)c1ccccc1. The number of aliphatic imine (C=N–C) groups is 1. The van der Waals surface area contributed by atoms with Crippen LogP contribution in [-0.4, -0.2) is 10.4 Å². The Morgan fingerprint density at radius 1 is 0.490 bits per heavy atom. The van der Waals surface area contributed by atoms with E-state index in [1.807, 2.05) is 36.4 Å². The van der Waals surface area contributed by atoms with Gasteiger partial charge in [0, 0.05) is 27.6 Å². The van der Waals surface area contributed by atoms with E-state index in [1.165, 1.54) is 27.4 Å². The molecule has 0 fully saturated rings. The van der Waals surface area contributed by atoms with E-state index in [-0.39, 0.29) is 0 Å². The Balaban J connectivity index is 1.25. The van der Waals surface area contributed by atoms with Crippen molar-refractivity contribution >= 4 is 33.3 Å². The molecular weight excluding hydrogens is 595 g/mol. The lowest BCUT2D eigenvalue weighted by atomic mass is 9.94. The Bertz CT molecular complexity index is 2380. The van der Waals surface area contributed by atoms with Gasteiger partial charge in [-0.1, -0.05) is 146 Å². The zero-order valence-corrected chi connectivity index (χ0v) is 27.1. The summed E-state index contributed by atoms with van der Waals surface area (Å²) in [5.74, 6) is 0.488. The molecule has 1 aromatic heterocycles. The van der Waals surface area contributed by atoms with Crippen LogP contribution in [0.4, 0.5) is 0 Å². The maximum absolute atomic E-state index is 6.65. The first-order chi connectivity index (χ1) is 24.2. The largest absolute Gasteiger partial charge is 0.383 e. The van der Waals surface area contributed by atoms with E-state index in [0.717, 1.165) is 51.2 Å². The summed E-state index contributed by atoms with van der Waals surface area (Å²) in [7, 11) is 0. The minimum atomic E-state index is 0.488. The number of rotatable bonds is 8. The van der Waals surface area contributed by atoms with Crippen LogP contribution in [0.5, 0.6) is 0 Å². The molecule has 0 unspecified atom stereocenters. The molecule has 7 aromatic carbocycles. The standard InChI is InChI=1S/C46H35N3/c47-46(36-18-8-3-9-19-36)48-43(29-24-33-14-4-1-5-15-33)39-31-37(34-16-6-2-7-17-34)30-38(32-39)35-25-27-40(28-26-35)49-44-22-12-10-20-41(44)42-21-11-13-23-45(42)49/h1-23,25-32H,24H2,(H2,47,48)/b43-29-. The molecule has 0 spiro atoms. The maximum Gasteiger partial charge on any atom is 0.131 e. The molecule has 3 nitrogen and oxygen atoms in total. The fourth-order valence-corrected chi connectivity index (χ4v) is 6.60. The zero-order valence-electron chi connectivity index (χ0n) is 27.1. The average Bonchev–Trinajstić information content (AvgIpc) is 3.52. The van der Waals surface area contributed by atoms with Crippen LogP contribution in [0.25, 0.3) is 55.4 Å². The second-order valence-corrected chi connectivity index (χ2v) is 12.2. The first-order valence-corrected chi connectivity index (χ1v) is 16.6. The van der Waals surface area contributed by atoms with Crippen LogP contribution >= 0.6 is 0 Å². The maximum atomic E-state index is 6.65. The van der Waals surface area contributed by atoms with E-state index in [1.54, 1.807) is 0 Å². The second-order valence-electron chi connectivity index (χ2n) is 12.2. The van der Waals surface area contributed by atoms with E-state index < -0.39 is 0 Å². The third-order valence-corrected chi connectivity index (χ3v) is 9.06. The van der Waals surface area contributed by atoms with Crippen LogP contribution in [0.1, 0.15) is 16.7 Å². The van der Waals surface area contributed by atoms with Gasteiger partial charge in [0.15, 0.2) is 0 Å². The van der Waals surface area contributed by atoms with Crippen LogP contribution in [0.15, 0.2) is 193 Å². The summed E-state index contributed by atoms with van der Waals surface area (Å²) >= 11 is 0. The van der Waals surface area contributed by atoms with E-state index in [4.69, 9.17) is 10.7 Å². The van der Waals surface area contributed by atoms with Crippen molar-refractivity contribution in [3.05, 3.63) is 205 Å². The molecule has 1 heterocycles. The summed E-state index contributed by atoms with van der Waals surface area (Å²) in [6, 6.07) is 63.8. The quantitative estimate of drug-likeness (QED) is 0.132. The van der Waals surface area contributed by atoms with Gasteiger partial charge in [0.05, 0.1) is 16.7 Å². The molecule has 0 radical (unpaired) electrons. The van der Waals surface area contributed by atoms with Gasteiger partial charge in [-0.3, -0.25) is 0 Å². The minimum absolute atomic E-state index is 0.488. The topological polar surface area (TPSA) is 43.3 Å². The Hall–Kier alpha value is -6.45. The lowest BCUT2D eigenvalue weighted by Gasteiger charge is -2.14. The number of hydrogen-bond donors (Lipinski definition) is 1. The normalized spacial score (nSPS) is 12.1. The number of fused-ring (bicyclic) bond motifs is 3. The Morgan fingerprint density at radius 3 is 1.61 bits per heavy atom. The van der Waals surface area contributed by atoms with Gasteiger partial charge in [0.2, 0.25) is 0 Å². The molecule has 0 aliphatic rings. The predicted molar refractivity (Wildman–Crippen MR) is 207 cm³/mol. The summed E-state index contributed by atoms with van der Waals surface area (Å²) < 4.78 is 2.35. The van der Waals surface area contributed by atoms with E-state index in [2.05, 4.69) is 156 Å². The molecule has 49 heavy (non-hydrogen) atoms. The number of hydrogen-bond acceptors (Lipinski definition) is 1. The molecule has 234 valence electrons. The number of nitrogens with two attached hydrogens (primary N) is 1. The van der Waals surface area contributed by atoms with Crippen LogP contribution in [-0.2, 0) is 6.42 Å². The van der Waals surface area contributed by atoms with Crippen molar-refractivity contribution in [3.63, 3.8) is 0 Å². The Labute approximate surface area is 287 Å². The highest BCUT2D eigenvalue weighted by Gasteiger charge is 2.13. The van der Waals surface area contributed by atoms with E-state index in [0.29, 0.717) is 5.84 Å². The minimum Gasteiger partial charge on any atom is -0.383 e. The van der Waals surface area contributed by atoms with Crippen molar-refractivity contribution in [2.75, 3.05) is 0 Å². The Kier molecular flexibility index (Phi) is 8.15. The van der Waals surface area contributed by atoms with Gasteiger partial charge in [-0.15, -0.1) is 0 Å². The first-order valence-electron chi connectivity index (χ1n) is 16.6. The molecule has 0 saturated carbocycles. The first kappa shape index (κ1) is 29.9. The molecule has 0 aliphatic carbocycles. The fourth-order valence-electron chi connectivity index (χ4n) is 6.60. The van der Waals surface area contributed by atoms with Crippen molar-refractivity contribution in [2.24, 2.45) is 10.7 Å². The van der Waals surface area contributed by atoms with Gasteiger partial charge in [-0.25, -0.2) is 4.99 Å². The third kappa shape index (κ3) is 6.18. The molecular formula is C46H35N3. The van der Waals surface area contributed by atoms with Crippen molar-refractivity contribution in [1.29, 1.82) is 0 Å². The number of amidine groups is 1. The van der Waals surface area contributed by atoms with Gasteiger partial charge in [-0.2, -0.15) is 0 Å². The van der Waals surface area contributed by atoms with Gasteiger partial charge >= 0.3 is 0 Å². The highest BCUT2D eigenvalue weighted by atomic mass is 15.0. The molecule has 0 amide bonds. The van der Waals surface area contributed by atoms with Gasteiger partial charge in [0.25, 0.3) is 0 Å². The van der Waals surface area contributed by atoms with Crippen molar-refractivity contribution in [3.8, 4) is 27.9 Å². The molecule has 0 atom stereocenters. The average molecular weight is 630 g/mol. The van der Waals surface area contributed by atoms with Crippen LogP contribution in [0.3, 0.4) is 0 Å². The van der Waals surface area contributed by atoms with Crippen LogP contribution in [0.2, 0.25) is 0 Å². The predicted octanol–water partition coefficient (Wildman–Crippen LogP) is 11.1. The molecule has 3 heteroatoms. The Morgan fingerprint density at radius 2 is 1.00 bits per heavy atom. The molecule has 0 aliphatic heterocycles. The number of nitrogens with zero attached hydrogens (tertiary/aromatic N) is 2. The number of aromatic nitrogens is 1. The highest BCUT2D eigenvalue weighted by Crippen LogP contribution is 2.35. The lowest BCUT2D eigenvalue weighted by Crippen LogP contribution is -2.13. The van der Waals surface area contributed by atoms with Gasteiger partial charge in [0.1, 0.15) is 5.84 Å². The number of benzene rings is 7. The molecule has 0 saturated heterocycles. The summed E-state index contributed by atoms with van der Waals surface area (Å²) in [4.78, 5) is 5.06. The fraction of sp³-hybridized carbons (Fsp3) is 0.0217. The lowest BCUT2D eigenvalue weighted by molar-refractivity contribution is 1.18. The van der Waals surface area contributed by atoms with E-state index in [9.17, 15) is 0 Å². The zero-order chi connectivity index (χ0) is 33.0. The van der Waals surface area contributed by atoms with Gasteiger partial charge in [-0.05, 0) is 76.7 Å². The second kappa shape index (κ2) is 13.3. The van der Waals surface area contributed by atoms with Crippen molar-refractivity contribution in [1.82, 2.24) is 4.57 Å². The van der Waals surface area contributed by atoms with Crippen molar-refractivity contribution in [2.45, 2.75) is 6.42 Å². The van der Waals surface area contributed by atoms with E-state index >= 15 is 0 Å². The highest BCUT2D eigenvalue weighted by molar-refractivity contribution is 6.09. The number of para-hydroxylation sites is 2. The van der Waals surface area contributed by atoms with Crippen LogP contribution < -0.4 is 5.73 Å². The summed E-state index contributed by atoms with van der Waals surface area (Å²) in [6.45, 7) is 0. The molecule has 8 rings (SSSR count). The van der Waals surface area contributed by atoms with Crippen LogP contribution in [0, 0.1) is 0 Å². The molecule has 8 aromatic rings. The summed E-state index contributed by atoms with van der Waals surface area (Å²) in [5.41, 5.74) is 18.7. The number of allylic oxidation sites excluding steroid dienone is 1. The summed E-state index contributed by atoms with van der Waals surface area (Å²) in [5, 5.41) is 2.51.